The van der Waals surface area contributed by atoms with E-state index in [1.807, 2.05) is 26.0 Å². The third kappa shape index (κ3) is 12.2. The van der Waals surface area contributed by atoms with Crippen molar-refractivity contribution in [1.29, 1.82) is 0 Å². The molecule has 0 saturated carbocycles. The Hall–Kier alpha value is -3.53. The number of hydrogen-bond donors (Lipinski definition) is 1. The van der Waals surface area contributed by atoms with Gasteiger partial charge in [0.05, 0.1) is 28.6 Å². The van der Waals surface area contributed by atoms with Crippen LogP contribution in [0.3, 0.4) is 0 Å². The number of oxime groups is 2. The van der Waals surface area contributed by atoms with Crippen LogP contribution in [0.25, 0.3) is 5.57 Å². The van der Waals surface area contributed by atoms with Gasteiger partial charge in [0.25, 0.3) is 0 Å². The molecule has 4 aromatic rings. The molecule has 1 N–H and O–H groups in total. The van der Waals surface area contributed by atoms with E-state index in [9.17, 15) is 39.5 Å². The normalized spacial score (nSPS) is 15.9. The number of allylic oxidation sites excluding steroid dienone is 1. The van der Waals surface area contributed by atoms with E-state index in [1.165, 1.54) is 30.3 Å². The highest BCUT2D eigenvalue weighted by Crippen LogP contribution is 2.40. The van der Waals surface area contributed by atoms with Crippen LogP contribution in [0.15, 0.2) is 98.6 Å². The molecule has 284 valence electrons. The van der Waals surface area contributed by atoms with Gasteiger partial charge in [0.15, 0.2) is 5.60 Å². The number of alkyl halides is 9. The Bertz CT molecular complexity index is 1990. The van der Waals surface area contributed by atoms with E-state index in [1.54, 1.807) is 25.1 Å². The van der Waals surface area contributed by atoms with Crippen LogP contribution in [0.5, 0.6) is 0 Å². The number of halogens is 13. The third-order valence-corrected chi connectivity index (χ3v) is 9.17. The Morgan fingerprint density at radius 1 is 0.811 bits per heavy atom. The Kier molecular flexibility index (Phi) is 14.3. The van der Waals surface area contributed by atoms with Gasteiger partial charge in [-0.05, 0) is 97.1 Å². The zero-order valence-electron chi connectivity index (χ0n) is 27.6. The molecule has 0 saturated heterocycles. The van der Waals surface area contributed by atoms with E-state index in [0.717, 1.165) is 29.5 Å². The lowest BCUT2D eigenvalue weighted by atomic mass is 9.88. The van der Waals surface area contributed by atoms with Crippen molar-refractivity contribution >= 4 is 72.6 Å². The van der Waals surface area contributed by atoms with Gasteiger partial charge in [-0.25, -0.2) is 0 Å². The molecule has 4 aromatic carbocycles. The summed E-state index contributed by atoms with van der Waals surface area (Å²) >= 11 is 17.5. The highest BCUT2D eigenvalue weighted by atomic mass is 79.9. The van der Waals surface area contributed by atoms with Gasteiger partial charge in [0.1, 0.15) is 0 Å². The Labute approximate surface area is 325 Å². The molecule has 0 bridgehead atoms. The summed E-state index contributed by atoms with van der Waals surface area (Å²) in [6.45, 7) is 8.44. The summed E-state index contributed by atoms with van der Waals surface area (Å²) in [7, 11) is 0. The summed E-state index contributed by atoms with van der Waals surface area (Å²) in [5, 5.41) is 15.7. The van der Waals surface area contributed by atoms with E-state index in [2.05, 4.69) is 48.8 Å². The highest BCUT2D eigenvalue weighted by molar-refractivity contribution is 9.10. The summed E-state index contributed by atoms with van der Waals surface area (Å²) in [6.07, 6.45) is -12.0. The van der Waals surface area contributed by atoms with Crippen molar-refractivity contribution < 1.29 is 49.6 Å². The maximum atomic E-state index is 13.1. The van der Waals surface area contributed by atoms with Crippen LogP contribution in [0.4, 0.5) is 39.5 Å². The lowest BCUT2D eigenvalue weighted by molar-refractivity contribution is -0.139. The molecule has 1 atom stereocenters. The lowest BCUT2D eigenvalue weighted by Gasteiger charge is -2.22. The van der Waals surface area contributed by atoms with Crippen molar-refractivity contribution in [3.05, 3.63) is 143 Å². The van der Waals surface area contributed by atoms with Crippen molar-refractivity contribution in [2.45, 2.75) is 51.3 Å². The summed E-state index contributed by atoms with van der Waals surface area (Å²) in [6, 6.07) is 17.4. The smallest absolute Gasteiger partial charge is 0.411 e. The molecule has 0 amide bonds. The molecule has 1 unspecified atom stereocenters. The number of benzene rings is 4. The molecule has 5 rings (SSSR count). The molecule has 17 heteroatoms. The Morgan fingerprint density at radius 3 is 1.85 bits per heavy atom. The zero-order valence-corrected chi connectivity index (χ0v) is 32.3. The minimum absolute atomic E-state index is 0.00325. The highest BCUT2D eigenvalue weighted by Gasteiger charge is 2.39. The molecule has 1 aliphatic heterocycles. The average Bonchev–Trinajstić information content (AvgIpc) is 3.43. The van der Waals surface area contributed by atoms with Gasteiger partial charge in [-0.3, -0.25) is 0 Å². The topological polar surface area (TPSA) is 54.2 Å². The molecule has 0 spiro atoms. The predicted octanol–water partition coefficient (Wildman–Crippen LogP) is 14.0. The number of rotatable bonds is 4. The van der Waals surface area contributed by atoms with Crippen LogP contribution >= 0.6 is 55.1 Å². The van der Waals surface area contributed by atoms with Crippen LogP contribution < -0.4 is 0 Å². The summed E-state index contributed by atoms with van der Waals surface area (Å²) in [5.74, 6) is 0. The maximum absolute atomic E-state index is 13.1. The van der Waals surface area contributed by atoms with Gasteiger partial charge in [-0.1, -0.05) is 96.2 Å². The molecule has 1 heterocycles. The molecule has 0 radical (unpaired) electrons. The van der Waals surface area contributed by atoms with Gasteiger partial charge in [-0.15, -0.1) is 0 Å². The molecule has 53 heavy (non-hydrogen) atoms. The number of nitrogens with zero attached hydrogens (tertiary/aromatic N) is 2. The van der Waals surface area contributed by atoms with Crippen molar-refractivity contribution in [2.75, 3.05) is 0 Å². The number of hydrogen-bond acceptors (Lipinski definition) is 4. The van der Waals surface area contributed by atoms with E-state index in [0.29, 0.717) is 28.3 Å². The average molecular weight is 921 g/mol. The van der Waals surface area contributed by atoms with Crippen LogP contribution in [0, 0.1) is 13.8 Å². The van der Waals surface area contributed by atoms with Crippen molar-refractivity contribution in [2.24, 2.45) is 10.3 Å². The fourth-order valence-electron chi connectivity index (χ4n) is 4.79. The molecule has 0 fully saturated rings. The van der Waals surface area contributed by atoms with Crippen LogP contribution in [-0.4, -0.2) is 23.3 Å². The van der Waals surface area contributed by atoms with Gasteiger partial charge < -0.3 is 10.0 Å². The minimum atomic E-state index is -4.44. The number of aryl methyl sites for hydroxylation is 2. The lowest BCUT2D eigenvalue weighted by Crippen LogP contribution is -2.22. The molecule has 1 aliphatic rings. The van der Waals surface area contributed by atoms with Gasteiger partial charge in [0.2, 0.25) is 0 Å². The van der Waals surface area contributed by atoms with Crippen LogP contribution in [-0.2, 0) is 22.8 Å². The third-order valence-electron chi connectivity index (χ3n) is 7.36. The Balaban J connectivity index is 0.000000231. The van der Waals surface area contributed by atoms with Crippen molar-refractivity contribution in [1.82, 2.24) is 0 Å². The van der Waals surface area contributed by atoms with Crippen LogP contribution in [0.2, 0.25) is 10.0 Å². The second-order valence-corrected chi connectivity index (χ2v) is 14.3. The van der Waals surface area contributed by atoms with Crippen molar-refractivity contribution in [3.63, 3.8) is 0 Å². The maximum Gasteiger partial charge on any atom is 0.417 e. The van der Waals surface area contributed by atoms with Gasteiger partial charge in [0, 0.05) is 31.0 Å². The molecular weight excluding hydrogens is 894 g/mol. The fraction of sp³-hybridized carbons (Fsp3) is 0.222. The SMILES string of the molecule is C=C(c1cc(C)cc(Cl)c1)C(F)(F)F.Cc1cc(Cl)cc(C2(C)CC(c3ccc(Br)c(C(F)(F)F)c3)=NO2)c1.O/N=C/c1ccc(Br)c(C(F)(F)F)c1. The van der Waals surface area contributed by atoms with Gasteiger partial charge in [-0.2, -0.15) is 39.5 Å². The first kappa shape index (κ1) is 43.9. The fourth-order valence-corrected chi connectivity index (χ4v) is 6.32. The standard InChI is InChI=1S/C18H14BrClF3NO.C10H8ClF3.C8H5BrF3NO/c1-10-5-12(8-13(20)6-10)17(2)9-16(24-25-17)11-3-4-15(19)14(7-11)18(21,22)23;1-6-3-8(5-9(11)4-6)7(2)10(12,13)14;9-7-2-1-5(4-13-14)3-6(7)8(10,11)12/h3-8H,9H2,1-2H3;3-5H,2H2,1H3;1-4,14H/b;;13-4+. The molecular formula is C36H27Br2Cl2F9N2O2. The van der Waals surface area contributed by atoms with Crippen molar-refractivity contribution in [3.8, 4) is 0 Å². The first-order chi connectivity index (χ1) is 24.3. The van der Waals surface area contributed by atoms with E-state index in [-0.39, 0.29) is 25.1 Å². The quantitative estimate of drug-likeness (QED) is 0.0960. The molecule has 0 aromatic heterocycles. The first-order valence-corrected chi connectivity index (χ1v) is 17.2. The summed E-state index contributed by atoms with van der Waals surface area (Å²) < 4.78 is 113. The molecule has 0 aliphatic carbocycles. The monoisotopic (exact) mass is 918 g/mol. The van der Waals surface area contributed by atoms with Gasteiger partial charge >= 0.3 is 18.5 Å². The second kappa shape index (κ2) is 17.3. The summed E-state index contributed by atoms with van der Waals surface area (Å²) in [5.41, 5.74) is 0.377. The largest absolute Gasteiger partial charge is 0.417 e. The summed E-state index contributed by atoms with van der Waals surface area (Å²) in [4.78, 5) is 5.60. The zero-order chi connectivity index (χ0) is 40.1. The Morgan fingerprint density at radius 2 is 1.34 bits per heavy atom. The predicted molar refractivity (Wildman–Crippen MR) is 195 cm³/mol. The van der Waals surface area contributed by atoms with Crippen LogP contribution in [0.1, 0.15) is 57.9 Å². The van der Waals surface area contributed by atoms with E-state index < -0.39 is 40.8 Å². The van der Waals surface area contributed by atoms with E-state index in [4.69, 9.17) is 33.2 Å². The molecule has 4 nitrogen and oxygen atoms in total. The minimum Gasteiger partial charge on any atom is -0.411 e. The first-order valence-electron chi connectivity index (χ1n) is 14.8. The second-order valence-electron chi connectivity index (χ2n) is 11.7. The van der Waals surface area contributed by atoms with E-state index >= 15 is 0 Å².